The van der Waals surface area contributed by atoms with Crippen molar-refractivity contribution in [2.75, 3.05) is 6.61 Å². The van der Waals surface area contributed by atoms with Crippen molar-refractivity contribution >= 4 is 0 Å². The first-order valence-electron chi connectivity index (χ1n) is 7.66. The Morgan fingerprint density at radius 3 is 2.52 bits per heavy atom. The number of aryl methyl sites for hydroxylation is 2. The highest BCUT2D eigenvalue weighted by atomic mass is 16.2. The maximum absolute atomic E-state index is 9.10. The average molecular weight is 283 g/mol. The Bertz CT molecular complexity index is 551. The Morgan fingerprint density at radius 1 is 1.05 bits per heavy atom. The molecular formula is C19H25NO. The lowest BCUT2D eigenvalue weighted by Gasteiger charge is -2.20. The maximum atomic E-state index is 9.10. The molecule has 0 heterocycles. The number of aliphatic hydroxyl groups is 1. The van der Waals surface area contributed by atoms with Gasteiger partial charge in [0.15, 0.2) is 0 Å². The van der Waals surface area contributed by atoms with Crippen molar-refractivity contribution in [2.24, 2.45) is 0 Å². The minimum Gasteiger partial charge on any atom is -0.396 e. The van der Waals surface area contributed by atoms with E-state index >= 15 is 0 Å². The summed E-state index contributed by atoms with van der Waals surface area (Å²) in [6.07, 6.45) is 1.77. The summed E-state index contributed by atoms with van der Waals surface area (Å²) in [6, 6.07) is 17.3. The standard InChI is InChI=1S/C19H25NO/c1-15-10-11-16(2)18(13-15)14-20-19(9-6-12-21)17-7-4-3-5-8-17/h3-5,7-8,10-11,13,19-21H,6,9,12,14H2,1-2H3. The quantitative estimate of drug-likeness (QED) is 0.807. The molecule has 2 nitrogen and oxygen atoms in total. The van der Waals surface area contributed by atoms with Gasteiger partial charge < -0.3 is 10.4 Å². The van der Waals surface area contributed by atoms with Crippen LogP contribution in [0.4, 0.5) is 0 Å². The van der Waals surface area contributed by atoms with E-state index in [0.717, 1.165) is 19.4 Å². The highest BCUT2D eigenvalue weighted by Gasteiger charge is 2.11. The van der Waals surface area contributed by atoms with Crippen molar-refractivity contribution in [3.63, 3.8) is 0 Å². The van der Waals surface area contributed by atoms with Gasteiger partial charge in [0.25, 0.3) is 0 Å². The molecule has 0 aliphatic rings. The molecule has 2 heteroatoms. The van der Waals surface area contributed by atoms with Gasteiger partial charge in [-0.3, -0.25) is 0 Å². The number of rotatable bonds is 7. The molecule has 1 atom stereocenters. The van der Waals surface area contributed by atoms with Crippen LogP contribution >= 0.6 is 0 Å². The minimum absolute atomic E-state index is 0.245. The SMILES string of the molecule is Cc1ccc(C)c(CNC(CCCO)c2ccccc2)c1. The summed E-state index contributed by atoms with van der Waals surface area (Å²) in [7, 11) is 0. The fraction of sp³-hybridized carbons (Fsp3) is 0.368. The van der Waals surface area contributed by atoms with E-state index in [1.165, 1.54) is 22.3 Å². The van der Waals surface area contributed by atoms with Gasteiger partial charge in [0.2, 0.25) is 0 Å². The second-order valence-electron chi connectivity index (χ2n) is 5.64. The Labute approximate surface area is 127 Å². The fourth-order valence-corrected chi connectivity index (χ4v) is 2.59. The lowest BCUT2D eigenvalue weighted by molar-refractivity contribution is 0.275. The Balaban J connectivity index is 2.07. The van der Waals surface area contributed by atoms with Crippen LogP contribution < -0.4 is 5.32 Å². The third-order valence-electron chi connectivity index (χ3n) is 3.90. The molecule has 112 valence electrons. The number of aliphatic hydroxyl groups excluding tert-OH is 1. The lowest BCUT2D eigenvalue weighted by Crippen LogP contribution is -2.21. The third kappa shape index (κ3) is 4.69. The molecule has 21 heavy (non-hydrogen) atoms. The average Bonchev–Trinajstić information content (AvgIpc) is 2.51. The molecule has 0 saturated heterocycles. The normalized spacial score (nSPS) is 12.3. The van der Waals surface area contributed by atoms with Gasteiger partial charge in [-0.05, 0) is 43.4 Å². The van der Waals surface area contributed by atoms with Crippen molar-refractivity contribution in [3.8, 4) is 0 Å². The predicted octanol–water partition coefficient (Wildman–Crippen LogP) is 3.91. The van der Waals surface area contributed by atoms with Crippen molar-refractivity contribution < 1.29 is 5.11 Å². The van der Waals surface area contributed by atoms with Gasteiger partial charge in [-0.15, -0.1) is 0 Å². The molecule has 0 bridgehead atoms. The molecule has 0 amide bonds. The van der Waals surface area contributed by atoms with Gasteiger partial charge in [-0.2, -0.15) is 0 Å². The summed E-state index contributed by atoms with van der Waals surface area (Å²) in [5.74, 6) is 0. The molecule has 0 spiro atoms. The highest BCUT2D eigenvalue weighted by molar-refractivity contribution is 5.30. The van der Waals surface area contributed by atoms with Crippen LogP contribution in [0.2, 0.25) is 0 Å². The molecule has 2 aromatic carbocycles. The summed E-state index contributed by atoms with van der Waals surface area (Å²) in [6.45, 7) is 5.39. The molecule has 0 fully saturated rings. The first kappa shape index (κ1) is 15.7. The zero-order valence-corrected chi connectivity index (χ0v) is 13.0. The van der Waals surface area contributed by atoms with Crippen LogP contribution in [0.1, 0.15) is 41.1 Å². The summed E-state index contributed by atoms with van der Waals surface area (Å²) >= 11 is 0. The molecule has 0 aromatic heterocycles. The van der Waals surface area contributed by atoms with E-state index in [4.69, 9.17) is 5.11 Å². The molecule has 1 unspecified atom stereocenters. The summed E-state index contributed by atoms with van der Waals surface area (Å²) in [4.78, 5) is 0. The Morgan fingerprint density at radius 2 is 1.81 bits per heavy atom. The smallest absolute Gasteiger partial charge is 0.0431 e. The maximum Gasteiger partial charge on any atom is 0.0431 e. The van der Waals surface area contributed by atoms with E-state index in [9.17, 15) is 0 Å². The van der Waals surface area contributed by atoms with Crippen LogP contribution in [0, 0.1) is 13.8 Å². The Kier molecular flexibility index (Phi) is 5.97. The van der Waals surface area contributed by atoms with Crippen LogP contribution in [0.5, 0.6) is 0 Å². The van der Waals surface area contributed by atoms with Gasteiger partial charge in [-0.25, -0.2) is 0 Å². The van der Waals surface area contributed by atoms with E-state index in [0.29, 0.717) is 6.04 Å². The number of benzene rings is 2. The van der Waals surface area contributed by atoms with Crippen molar-refractivity contribution in [1.29, 1.82) is 0 Å². The first-order valence-corrected chi connectivity index (χ1v) is 7.66. The second kappa shape index (κ2) is 7.96. The van der Waals surface area contributed by atoms with E-state index < -0.39 is 0 Å². The largest absolute Gasteiger partial charge is 0.396 e. The monoisotopic (exact) mass is 283 g/mol. The molecule has 2 N–H and O–H groups in total. The van der Waals surface area contributed by atoms with Crippen LogP contribution in [-0.2, 0) is 6.54 Å². The summed E-state index contributed by atoms with van der Waals surface area (Å²) in [5, 5.41) is 12.7. The lowest BCUT2D eigenvalue weighted by atomic mass is 10.0. The summed E-state index contributed by atoms with van der Waals surface area (Å²) in [5.41, 5.74) is 5.25. The van der Waals surface area contributed by atoms with Crippen molar-refractivity contribution in [1.82, 2.24) is 5.32 Å². The third-order valence-corrected chi connectivity index (χ3v) is 3.90. The van der Waals surface area contributed by atoms with Gasteiger partial charge in [0.1, 0.15) is 0 Å². The Hall–Kier alpha value is -1.64. The van der Waals surface area contributed by atoms with Crippen LogP contribution in [-0.4, -0.2) is 11.7 Å². The van der Waals surface area contributed by atoms with E-state index in [1.54, 1.807) is 0 Å². The summed E-state index contributed by atoms with van der Waals surface area (Å²) < 4.78 is 0. The topological polar surface area (TPSA) is 32.3 Å². The molecule has 2 aromatic rings. The zero-order valence-electron chi connectivity index (χ0n) is 13.0. The van der Waals surface area contributed by atoms with Crippen molar-refractivity contribution in [2.45, 2.75) is 39.3 Å². The van der Waals surface area contributed by atoms with Crippen molar-refractivity contribution in [3.05, 3.63) is 70.8 Å². The molecular weight excluding hydrogens is 258 g/mol. The predicted molar refractivity (Wildman–Crippen MR) is 88.3 cm³/mol. The molecule has 0 aliphatic heterocycles. The first-order chi connectivity index (χ1) is 10.2. The minimum atomic E-state index is 0.245. The van der Waals surface area contributed by atoms with E-state index in [-0.39, 0.29) is 6.61 Å². The molecule has 2 rings (SSSR count). The second-order valence-corrected chi connectivity index (χ2v) is 5.64. The fourth-order valence-electron chi connectivity index (χ4n) is 2.59. The molecule has 0 radical (unpaired) electrons. The van der Waals surface area contributed by atoms with Gasteiger partial charge in [0.05, 0.1) is 0 Å². The van der Waals surface area contributed by atoms with E-state index in [1.807, 2.05) is 6.07 Å². The number of hydrogen-bond acceptors (Lipinski definition) is 2. The number of hydrogen-bond donors (Lipinski definition) is 2. The van der Waals surface area contributed by atoms with Crippen LogP contribution in [0.25, 0.3) is 0 Å². The van der Waals surface area contributed by atoms with E-state index in [2.05, 4.69) is 61.6 Å². The molecule has 0 aliphatic carbocycles. The zero-order chi connectivity index (χ0) is 15.1. The van der Waals surface area contributed by atoms with Gasteiger partial charge in [0, 0.05) is 19.2 Å². The number of nitrogens with one attached hydrogen (secondary N) is 1. The van der Waals surface area contributed by atoms with Crippen LogP contribution in [0.3, 0.4) is 0 Å². The molecule has 0 saturated carbocycles. The highest BCUT2D eigenvalue weighted by Crippen LogP contribution is 2.20. The van der Waals surface area contributed by atoms with Gasteiger partial charge in [-0.1, -0.05) is 54.1 Å². The van der Waals surface area contributed by atoms with Gasteiger partial charge >= 0.3 is 0 Å². The van der Waals surface area contributed by atoms with Crippen LogP contribution in [0.15, 0.2) is 48.5 Å².